The Balaban J connectivity index is 1.93. The highest BCUT2D eigenvalue weighted by Crippen LogP contribution is 2.39. The Morgan fingerprint density at radius 1 is 0.690 bits per heavy atom. The highest BCUT2D eigenvalue weighted by atomic mass is 32.2. The van der Waals surface area contributed by atoms with Crippen LogP contribution in [0.15, 0.2) is 46.5 Å². The van der Waals surface area contributed by atoms with E-state index < -0.39 is 11.8 Å². The Hall–Kier alpha value is -3.32. The number of hydrogen-bond donors (Lipinski definition) is 6. The van der Waals surface area contributed by atoms with Crippen molar-refractivity contribution in [1.82, 2.24) is 9.97 Å². The molecule has 0 saturated carbocycles. The Morgan fingerprint density at radius 3 is 1.40 bits per heavy atom. The normalized spacial score (nSPS) is 11.8. The average Bonchev–Trinajstić information content (AvgIpc) is 2.91. The molecule has 10 N–H and O–H groups in total. The van der Waals surface area contributed by atoms with E-state index in [1.54, 1.807) is 0 Å². The molecule has 0 aliphatic rings. The molecule has 3 aromatic rings. The number of amides is 2. The Bertz CT molecular complexity index is 1340. The van der Waals surface area contributed by atoms with Crippen molar-refractivity contribution in [3.8, 4) is 0 Å². The van der Waals surface area contributed by atoms with Crippen LogP contribution in [0.3, 0.4) is 0 Å². The van der Waals surface area contributed by atoms with Crippen molar-refractivity contribution in [3.63, 3.8) is 0 Å². The highest BCUT2D eigenvalue weighted by molar-refractivity contribution is 7.99. The van der Waals surface area contributed by atoms with Gasteiger partial charge in [0.05, 0.1) is 21.2 Å². The van der Waals surface area contributed by atoms with Gasteiger partial charge in [-0.3, -0.25) is 9.59 Å². The number of thioether (sulfide) groups is 2. The molecule has 2 aromatic carbocycles. The number of nitrogen functional groups attached to an aromatic ring is 2. The number of carbonyl (C=O) groups is 2. The van der Waals surface area contributed by atoms with Crippen LogP contribution >= 0.6 is 23.5 Å². The lowest BCUT2D eigenvalue weighted by Gasteiger charge is -2.23. The third-order valence-corrected chi connectivity index (χ3v) is 8.69. The van der Waals surface area contributed by atoms with Crippen molar-refractivity contribution in [2.75, 3.05) is 46.7 Å². The topological polar surface area (TPSA) is 188 Å². The van der Waals surface area contributed by atoms with Gasteiger partial charge in [0.15, 0.2) is 0 Å². The molecular formula is C30H42N8O2S2. The largest absolute Gasteiger partial charge is 0.398 e. The summed E-state index contributed by atoms with van der Waals surface area (Å²) in [6, 6.07) is 9.02. The van der Waals surface area contributed by atoms with E-state index >= 15 is 0 Å². The van der Waals surface area contributed by atoms with Gasteiger partial charge in [0.25, 0.3) is 11.8 Å². The second kappa shape index (κ2) is 13.8. The molecule has 0 unspecified atom stereocenters. The zero-order valence-corrected chi connectivity index (χ0v) is 26.8. The van der Waals surface area contributed by atoms with Crippen molar-refractivity contribution < 1.29 is 9.59 Å². The smallest absolute Gasteiger partial charge is 0.274 e. The van der Waals surface area contributed by atoms with Gasteiger partial charge >= 0.3 is 0 Å². The van der Waals surface area contributed by atoms with Crippen molar-refractivity contribution in [3.05, 3.63) is 59.2 Å². The first-order valence-electron chi connectivity index (χ1n) is 13.6. The molecule has 0 fully saturated rings. The average molecular weight is 611 g/mol. The van der Waals surface area contributed by atoms with E-state index in [0.717, 1.165) is 20.9 Å². The van der Waals surface area contributed by atoms with E-state index in [1.165, 1.54) is 35.9 Å². The fraction of sp³-hybridized carbons (Fsp3) is 0.400. The molecule has 0 aliphatic carbocycles. The van der Waals surface area contributed by atoms with Gasteiger partial charge in [0.1, 0.15) is 17.7 Å². The van der Waals surface area contributed by atoms with Gasteiger partial charge in [0, 0.05) is 42.0 Å². The van der Waals surface area contributed by atoms with Gasteiger partial charge in [-0.2, -0.15) is 0 Å². The maximum atomic E-state index is 13.4. The van der Waals surface area contributed by atoms with Gasteiger partial charge < -0.3 is 33.6 Å². The van der Waals surface area contributed by atoms with Crippen LogP contribution in [0.25, 0.3) is 0 Å². The zero-order valence-electron chi connectivity index (χ0n) is 25.1. The van der Waals surface area contributed by atoms with Gasteiger partial charge in [-0.15, -0.1) is 23.5 Å². The number of nitrogens with two attached hydrogens (primary N) is 4. The Kier molecular flexibility index (Phi) is 10.9. The Labute approximate surface area is 256 Å². The molecule has 226 valence electrons. The minimum atomic E-state index is -0.496. The number of rotatable bonds is 10. The first-order chi connectivity index (χ1) is 19.6. The second-order valence-corrected chi connectivity index (χ2v) is 14.1. The standard InChI is InChI=1S/C30H42N8O2S2/c1-29(2,3)17-11-19(33)25(41-9-7-31)21(13-17)37-27(39)23-15-24(36-16-35-23)28(40)38-22-14-18(30(4,5)6)12-20(34)26(22)42-10-8-32/h11-16H,7-10,31-34H2,1-6H3,(H,37,39)(H,38,40). The van der Waals surface area contributed by atoms with E-state index in [-0.39, 0.29) is 22.2 Å². The van der Waals surface area contributed by atoms with E-state index in [9.17, 15) is 9.59 Å². The summed E-state index contributed by atoms with van der Waals surface area (Å²) >= 11 is 2.94. The second-order valence-electron chi connectivity index (χ2n) is 11.9. The van der Waals surface area contributed by atoms with Crippen LogP contribution in [0.1, 0.15) is 73.6 Å². The van der Waals surface area contributed by atoms with Crippen LogP contribution in [-0.2, 0) is 10.8 Å². The number of carbonyl (C=O) groups excluding carboxylic acids is 2. The molecule has 1 heterocycles. The molecular weight excluding hydrogens is 569 g/mol. The molecule has 0 saturated heterocycles. The van der Waals surface area contributed by atoms with E-state index in [0.29, 0.717) is 47.3 Å². The van der Waals surface area contributed by atoms with E-state index in [2.05, 4.69) is 62.1 Å². The molecule has 1 aromatic heterocycles. The van der Waals surface area contributed by atoms with Crippen LogP contribution in [0.4, 0.5) is 22.7 Å². The third kappa shape index (κ3) is 8.37. The zero-order chi connectivity index (χ0) is 31.2. The fourth-order valence-corrected chi connectivity index (χ4v) is 5.60. The predicted molar refractivity (Wildman–Crippen MR) is 177 cm³/mol. The first kappa shape index (κ1) is 33.2. The van der Waals surface area contributed by atoms with Crippen LogP contribution in [0, 0.1) is 0 Å². The molecule has 0 spiro atoms. The number of anilines is 4. The van der Waals surface area contributed by atoms with Crippen LogP contribution in [0.5, 0.6) is 0 Å². The monoisotopic (exact) mass is 610 g/mol. The van der Waals surface area contributed by atoms with Crippen LogP contribution < -0.4 is 33.6 Å². The van der Waals surface area contributed by atoms with Gasteiger partial charge in [-0.05, 0) is 46.2 Å². The number of nitrogens with one attached hydrogen (secondary N) is 2. The van der Waals surface area contributed by atoms with Gasteiger partial charge in [-0.25, -0.2) is 9.97 Å². The molecule has 2 amide bonds. The summed E-state index contributed by atoms with van der Waals surface area (Å²) in [5.74, 6) is 0.271. The molecule has 10 nitrogen and oxygen atoms in total. The number of nitrogens with zero attached hydrogens (tertiary/aromatic N) is 2. The van der Waals surface area contributed by atoms with E-state index in [1.807, 2.05) is 24.3 Å². The minimum Gasteiger partial charge on any atom is -0.398 e. The summed E-state index contributed by atoms with van der Waals surface area (Å²) in [5, 5.41) is 5.87. The van der Waals surface area contributed by atoms with Gasteiger partial charge in [-0.1, -0.05) is 41.5 Å². The molecule has 0 bridgehead atoms. The molecule has 12 heteroatoms. The maximum Gasteiger partial charge on any atom is 0.274 e. The predicted octanol–water partition coefficient (Wildman–Crippen LogP) is 4.84. The summed E-state index contributed by atoms with van der Waals surface area (Å²) < 4.78 is 0. The lowest BCUT2D eigenvalue weighted by molar-refractivity contribution is 0.102. The molecule has 0 radical (unpaired) electrons. The van der Waals surface area contributed by atoms with Crippen molar-refractivity contribution in [2.24, 2.45) is 11.5 Å². The van der Waals surface area contributed by atoms with E-state index in [4.69, 9.17) is 22.9 Å². The fourth-order valence-electron chi connectivity index (χ4n) is 3.98. The molecule has 3 rings (SSSR count). The summed E-state index contributed by atoms with van der Waals surface area (Å²) in [7, 11) is 0. The summed E-state index contributed by atoms with van der Waals surface area (Å²) in [5.41, 5.74) is 28.1. The summed E-state index contributed by atoms with van der Waals surface area (Å²) in [6.07, 6.45) is 1.19. The Morgan fingerprint density at radius 2 is 1.07 bits per heavy atom. The van der Waals surface area contributed by atoms with Crippen LogP contribution in [-0.4, -0.2) is 46.4 Å². The van der Waals surface area contributed by atoms with Crippen molar-refractivity contribution in [2.45, 2.75) is 62.2 Å². The SMILES string of the molecule is CC(C)(C)c1cc(N)c(SCCN)c(NC(=O)c2cc(C(=O)Nc3cc(C(C)(C)C)cc(N)c3SCCN)ncn2)c1. The van der Waals surface area contributed by atoms with Gasteiger partial charge in [0.2, 0.25) is 0 Å². The molecule has 0 atom stereocenters. The van der Waals surface area contributed by atoms with Crippen molar-refractivity contribution in [1.29, 1.82) is 0 Å². The third-order valence-electron chi connectivity index (χ3n) is 6.32. The lowest BCUT2D eigenvalue weighted by Crippen LogP contribution is -2.20. The summed E-state index contributed by atoms with van der Waals surface area (Å²) in [4.78, 5) is 36.5. The quantitative estimate of drug-likeness (QED) is 0.137. The minimum absolute atomic E-state index is 0.0327. The molecule has 42 heavy (non-hydrogen) atoms. The lowest BCUT2D eigenvalue weighted by atomic mass is 9.86. The van der Waals surface area contributed by atoms with Crippen LogP contribution in [0.2, 0.25) is 0 Å². The summed E-state index contributed by atoms with van der Waals surface area (Å²) in [6.45, 7) is 13.3. The number of benzene rings is 2. The first-order valence-corrected chi connectivity index (χ1v) is 15.6. The maximum absolute atomic E-state index is 13.4. The van der Waals surface area contributed by atoms with Crippen molar-refractivity contribution >= 4 is 58.1 Å². The number of hydrogen-bond acceptors (Lipinski definition) is 10. The highest BCUT2D eigenvalue weighted by Gasteiger charge is 2.23. The molecule has 0 aliphatic heterocycles. The number of aromatic nitrogens is 2.